The zero-order chi connectivity index (χ0) is 59.7. The van der Waals surface area contributed by atoms with Crippen LogP contribution in [0, 0.1) is 12.1 Å². The molecular weight excluding hydrogens is 1280 g/mol. The maximum absolute atomic E-state index is 4.76. The second-order valence-electron chi connectivity index (χ2n) is 22.9. The fourth-order valence-electron chi connectivity index (χ4n) is 13.6. The van der Waals surface area contributed by atoms with Crippen molar-refractivity contribution in [1.82, 2.24) is 9.97 Å². The standard InChI is InChI=1S/C77H48N.C11H8N.Ir/c1-5-28-59-50(18-1)22-12-32-65(59)71-38-16-36-69-63(41-43-73(76(69)71)67-34-14-24-52-20-3-7-30-61(52)67)57-47-56(54-26-11-27-55(46-54)75-40-9-10-45-78-75)48-58(49-57)64-42-44-74(68-35-15-25-53-21-4-8-31-62(53)68)77-70(64)37-17-39-72(77)66-33-13-23-51-19-2-6-29-60(51)66;1-2-6-10(7-3-1)11-8-4-5-9-12-11;/h1-26,28-49H;1-6,8-9H;/q2*-1;. The van der Waals surface area contributed by atoms with Crippen molar-refractivity contribution < 1.29 is 20.1 Å². The molecule has 17 aromatic rings. The second-order valence-corrected chi connectivity index (χ2v) is 22.9. The van der Waals surface area contributed by atoms with Crippen molar-refractivity contribution in [3.63, 3.8) is 0 Å². The first-order chi connectivity index (χ1) is 44.7. The molecule has 0 aliphatic heterocycles. The molecule has 0 amide bonds. The average molecular weight is 1330 g/mol. The van der Waals surface area contributed by atoms with E-state index >= 15 is 0 Å². The maximum Gasteiger partial charge on any atom is 0.0160 e. The third kappa shape index (κ3) is 10.7. The Labute approximate surface area is 543 Å². The van der Waals surface area contributed by atoms with Gasteiger partial charge in [-0.1, -0.05) is 255 Å². The van der Waals surface area contributed by atoms with E-state index < -0.39 is 0 Å². The van der Waals surface area contributed by atoms with Crippen molar-refractivity contribution in [3.8, 4) is 100 Å². The normalized spacial score (nSPS) is 11.2. The van der Waals surface area contributed by atoms with Gasteiger partial charge >= 0.3 is 0 Å². The van der Waals surface area contributed by atoms with Gasteiger partial charge in [0.2, 0.25) is 0 Å². The van der Waals surface area contributed by atoms with Crippen LogP contribution in [0.2, 0.25) is 0 Å². The molecule has 17 rings (SSSR count). The smallest absolute Gasteiger partial charge is 0.0160 e. The second kappa shape index (κ2) is 24.8. The van der Waals surface area contributed by atoms with Gasteiger partial charge in [0.25, 0.3) is 0 Å². The van der Waals surface area contributed by atoms with E-state index in [1.807, 2.05) is 66.9 Å². The van der Waals surface area contributed by atoms with E-state index in [1.54, 1.807) is 6.20 Å². The van der Waals surface area contributed by atoms with Gasteiger partial charge in [-0.2, -0.15) is 0 Å². The van der Waals surface area contributed by atoms with Crippen LogP contribution >= 0.6 is 0 Å². The molecule has 0 N–H and O–H groups in total. The minimum atomic E-state index is 0. The third-order valence-electron chi connectivity index (χ3n) is 17.7. The molecule has 429 valence electrons. The van der Waals surface area contributed by atoms with Crippen molar-refractivity contribution in [2.24, 2.45) is 0 Å². The molecule has 0 aliphatic carbocycles. The summed E-state index contributed by atoms with van der Waals surface area (Å²) in [5.41, 5.74) is 20.4. The number of benzene rings is 15. The molecular formula is C88H56IrN2-2. The minimum Gasteiger partial charge on any atom is -0.305 e. The van der Waals surface area contributed by atoms with E-state index in [0.29, 0.717) is 0 Å². The largest absolute Gasteiger partial charge is 0.305 e. The van der Waals surface area contributed by atoms with Crippen LogP contribution < -0.4 is 0 Å². The fraction of sp³-hybridized carbons (Fsp3) is 0. The quantitative estimate of drug-likeness (QED) is 0.135. The fourth-order valence-corrected chi connectivity index (χ4v) is 13.6. The molecule has 0 saturated heterocycles. The predicted octanol–water partition coefficient (Wildman–Crippen LogP) is 23.7. The molecule has 1 radical (unpaired) electrons. The van der Waals surface area contributed by atoms with Gasteiger partial charge in [-0.05, 0) is 179 Å². The third-order valence-corrected chi connectivity index (χ3v) is 17.7. The van der Waals surface area contributed by atoms with Crippen LogP contribution in [-0.2, 0) is 20.1 Å². The van der Waals surface area contributed by atoms with Crippen molar-refractivity contribution in [3.05, 3.63) is 352 Å². The van der Waals surface area contributed by atoms with Crippen LogP contribution in [0.4, 0.5) is 0 Å². The number of aromatic nitrogens is 2. The maximum atomic E-state index is 4.76. The Balaban J connectivity index is 0.000000475. The van der Waals surface area contributed by atoms with E-state index in [1.165, 1.54) is 120 Å². The van der Waals surface area contributed by atoms with Gasteiger partial charge in [0, 0.05) is 32.5 Å². The first-order valence-corrected chi connectivity index (χ1v) is 30.7. The van der Waals surface area contributed by atoms with Gasteiger partial charge in [-0.3, -0.25) is 0 Å². The molecule has 0 saturated carbocycles. The van der Waals surface area contributed by atoms with E-state index in [-0.39, 0.29) is 20.1 Å². The van der Waals surface area contributed by atoms with Crippen molar-refractivity contribution >= 4 is 64.6 Å². The summed E-state index contributed by atoms with van der Waals surface area (Å²) in [4.78, 5) is 8.98. The van der Waals surface area contributed by atoms with E-state index in [9.17, 15) is 0 Å². The molecule has 2 heterocycles. The zero-order valence-corrected chi connectivity index (χ0v) is 52.0. The van der Waals surface area contributed by atoms with Gasteiger partial charge in [-0.15, -0.1) is 71.3 Å². The van der Waals surface area contributed by atoms with Crippen LogP contribution in [0.25, 0.3) is 165 Å². The van der Waals surface area contributed by atoms with Gasteiger partial charge in [-0.25, -0.2) is 0 Å². The predicted molar refractivity (Wildman–Crippen MR) is 380 cm³/mol. The number of hydrogen-bond donors (Lipinski definition) is 0. The van der Waals surface area contributed by atoms with Crippen LogP contribution in [0.15, 0.2) is 340 Å². The summed E-state index contributed by atoms with van der Waals surface area (Å²) in [7, 11) is 0. The summed E-state index contributed by atoms with van der Waals surface area (Å²) in [6.07, 6.45) is 3.64. The summed E-state index contributed by atoms with van der Waals surface area (Å²) in [6, 6.07) is 125. The Hall–Kier alpha value is -11.2. The Morgan fingerprint density at radius 1 is 0.209 bits per heavy atom. The summed E-state index contributed by atoms with van der Waals surface area (Å²) >= 11 is 0. The molecule has 15 aromatic carbocycles. The molecule has 0 aliphatic rings. The van der Waals surface area contributed by atoms with E-state index in [0.717, 1.165) is 44.8 Å². The summed E-state index contributed by atoms with van der Waals surface area (Å²) in [5.74, 6) is 0. The van der Waals surface area contributed by atoms with Gasteiger partial charge in [0.15, 0.2) is 0 Å². The molecule has 0 unspecified atom stereocenters. The Kier molecular flexibility index (Phi) is 15.3. The number of hydrogen-bond acceptors (Lipinski definition) is 2. The topological polar surface area (TPSA) is 25.8 Å². The van der Waals surface area contributed by atoms with Crippen LogP contribution in [0.5, 0.6) is 0 Å². The van der Waals surface area contributed by atoms with Crippen molar-refractivity contribution in [1.29, 1.82) is 0 Å². The molecule has 2 nitrogen and oxygen atoms in total. The molecule has 2 aromatic heterocycles. The van der Waals surface area contributed by atoms with Crippen LogP contribution in [0.1, 0.15) is 0 Å². The Bertz CT molecular complexity index is 5050. The van der Waals surface area contributed by atoms with E-state index in [4.69, 9.17) is 4.98 Å². The zero-order valence-electron chi connectivity index (χ0n) is 49.6. The molecule has 0 fully saturated rings. The van der Waals surface area contributed by atoms with Crippen LogP contribution in [-0.4, -0.2) is 9.97 Å². The monoisotopic (exact) mass is 1330 g/mol. The number of fused-ring (bicyclic) bond motifs is 6. The molecule has 3 heteroatoms. The summed E-state index contributed by atoms with van der Waals surface area (Å²) < 4.78 is 0. The first kappa shape index (κ1) is 56.3. The van der Waals surface area contributed by atoms with Gasteiger partial charge < -0.3 is 9.97 Å². The molecule has 91 heavy (non-hydrogen) atoms. The molecule has 0 atom stereocenters. The Morgan fingerprint density at radius 2 is 0.549 bits per heavy atom. The van der Waals surface area contributed by atoms with Crippen molar-refractivity contribution in [2.75, 3.05) is 0 Å². The molecule has 0 bridgehead atoms. The SMILES string of the molecule is [Ir].[c-]1ccc(-c2cc(-c3ccc(-c4cccc5ccccc45)c4c(-c5cccc6ccccc56)cccc34)cc(-c3ccc(-c4cccc5ccccc45)c4c(-c5cccc6ccccc56)cccc34)c2)cc1-c1ccccn1.[c-]1ccccc1-c1ccccn1. The van der Waals surface area contributed by atoms with Gasteiger partial charge in [0.1, 0.15) is 0 Å². The van der Waals surface area contributed by atoms with Gasteiger partial charge in [0.05, 0.1) is 0 Å². The minimum absolute atomic E-state index is 0. The van der Waals surface area contributed by atoms with E-state index in [2.05, 4.69) is 284 Å². The van der Waals surface area contributed by atoms with Crippen molar-refractivity contribution in [2.45, 2.75) is 0 Å². The first-order valence-electron chi connectivity index (χ1n) is 30.7. The number of rotatable bonds is 9. The van der Waals surface area contributed by atoms with Crippen LogP contribution in [0.3, 0.4) is 0 Å². The number of nitrogens with zero attached hydrogens (tertiary/aromatic N) is 2. The Morgan fingerprint density at radius 3 is 0.978 bits per heavy atom. The molecule has 0 spiro atoms. The summed E-state index contributed by atoms with van der Waals surface area (Å²) in [5, 5.41) is 14.7. The number of pyridine rings is 2. The summed E-state index contributed by atoms with van der Waals surface area (Å²) in [6.45, 7) is 0. The average Bonchev–Trinajstić information content (AvgIpc) is 0.805.